The van der Waals surface area contributed by atoms with Crippen molar-refractivity contribution in [1.29, 1.82) is 0 Å². The van der Waals surface area contributed by atoms with E-state index in [9.17, 15) is 4.79 Å². The van der Waals surface area contributed by atoms with Gasteiger partial charge in [0.1, 0.15) is 12.8 Å². The summed E-state index contributed by atoms with van der Waals surface area (Å²) in [5, 5.41) is 7.77. The Hall–Kier alpha value is -2.79. The molecule has 5 nitrogen and oxygen atoms in total. The Bertz CT molecular complexity index is 925. The van der Waals surface area contributed by atoms with Crippen molar-refractivity contribution < 1.29 is 4.84 Å². The predicted octanol–water partition coefficient (Wildman–Crippen LogP) is 3.53. The van der Waals surface area contributed by atoms with Gasteiger partial charge in [0, 0.05) is 16.3 Å². The highest BCUT2D eigenvalue weighted by molar-refractivity contribution is 6.30. The topological polar surface area (TPSA) is 59.4 Å². The number of oxime groups is 1. The van der Waals surface area contributed by atoms with E-state index in [4.69, 9.17) is 16.4 Å². The molecule has 0 radical (unpaired) electrons. The SMILES string of the molecule is CO/N=C(\c1ccc(Cl)cc1)c1c(C)[nH]n(-c2ccccc2)c1=O. The van der Waals surface area contributed by atoms with Gasteiger partial charge in [0.15, 0.2) is 0 Å². The zero-order valence-corrected chi connectivity index (χ0v) is 14.0. The van der Waals surface area contributed by atoms with Gasteiger partial charge < -0.3 is 4.84 Å². The van der Waals surface area contributed by atoms with Gasteiger partial charge in [-0.2, -0.15) is 0 Å². The molecule has 3 rings (SSSR count). The number of hydrogen-bond acceptors (Lipinski definition) is 3. The van der Waals surface area contributed by atoms with Gasteiger partial charge in [-0.05, 0) is 31.2 Å². The number of rotatable bonds is 4. The first-order valence-electron chi connectivity index (χ1n) is 7.36. The number of aromatic amines is 1. The molecule has 0 bridgehead atoms. The lowest BCUT2D eigenvalue weighted by atomic mass is 10.0. The standard InChI is InChI=1S/C18H16ClN3O2/c1-12-16(17(21-24-2)13-8-10-14(19)11-9-13)18(23)22(20-12)15-6-4-3-5-7-15/h3-11,20H,1-2H3/b21-17+. The van der Waals surface area contributed by atoms with Crippen LogP contribution < -0.4 is 5.56 Å². The van der Waals surface area contributed by atoms with E-state index < -0.39 is 0 Å². The highest BCUT2D eigenvalue weighted by atomic mass is 35.5. The fraction of sp³-hybridized carbons (Fsp3) is 0.111. The Labute approximate surface area is 144 Å². The number of para-hydroxylation sites is 1. The van der Waals surface area contributed by atoms with E-state index in [1.54, 1.807) is 24.3 Å². The summed E-state index contributed by atoms with van der Waals surface area (Å²) in [6, 6.07) is 16.5. The summed E-state index contributed by atoms with van der Waals surface area (Å²) < 4.78 is 1.49. The van der Waals surface area contributed by atoms with Crippen LogP contribution in [0.2, 0.25) is 5.02 Å². The van der Waals surface area contributed by atoms with Gasteiger partial charge in [-0.3, -0.25) is 9.89 Å². The van der Waals surface area contributed by atoms with Gasteiger partial charge in [-0.25, -0.2) is 4.68 Å². The van der Waals surface area contributed by atoms with Crippen molar-refractivity contribution in [3.63, 3.8) is 0 Å². The van der Waals surface area contributed by atoms with E-state index in [1.165, 1.54) is 11.8 Å². The van der Waals surface area contributed by atoms with Crippen LogP contribution in [0, 0.1) is 6.92 Å². The predicted molar refractivity (Wildman–Crippen MR) is 95.2 cm³/mol. The average molecular weight is 342 g/mol. The van der Waals surface area contributed by atoms with Crippen molar-refractivity contribution >= 4 is 17.3 Å². The highest BCUT2D eigenvalue weighted by Gasteiger charge is 2.20. The molecule has 2 aromatic carbocycles. The first kappa shape index (κ1) is 16.1. The van der Waals surface area contributed by atoms with E-state index in [2.05, 4.69) is 10.3 Å². The quantitative estimate of drug-likeness (QED) is 0.583. The molecule has 0 unspecified atom stereocenters. The summed E-state index contributed by atoms with van der Waals surface area (Å²) in [5.41, 5.74) is 2.94. The summed E-state index contributed by atoms with van der Waals surface area (Å²) in [6.07, 6.45) is 0. The van der Waals surface area contributed by atoms with E-state index in [0.29, 0.717) is 22.0 Å². The molecule has 0 aliphatic heterocycles. The largest absolute Gasteiger partial charge is 0.399 e. The van der Waals surface area contributed by atoms with Gasteiger partial charge in [0.25, 0.3) is 5.56 Å². The lowest BCUT2D eigenvalue weighted by Crippen LogP contribution is -2.21. The minimum absolute atomic E-state index is 0.190. The second kappa shape index (κ2) is 6.76. The Kier molecular flexibility index (Phi) is 4.53. The molecular formula is C18H16ClN3O2. The Morgan fingerprint density at radius 2 is 1.79 bits per heavy atom. The lowest BCUT2D eigenvalue weighted by molar-refractivity contribution is 0.214. The molecule has 0 spiro atoms. The van der Waals surface area contributed by atoms with Crippen molar-refractivity contribution in [2.24, 2.45) is 5.16 Å². The summed E-state index contributed by atoms with van der Waals surface area (Å²) in [5.74, 6) is 0. The molecular weight excluding hydrogens is 326 g/mol. The van der Waals surface area contributed by atoms with Crippen LogP contribution in [-0.4, -0.2) is 22.6 Å². The molecule has 24 heavy (non-hydrogen) atoms. The Morgan fingerprint density at radius 3 is 2.42 bits per heavy atom. The summed E-state index contributed by atoms with van der Waals surface area (Å²) in [7, 11) is 1.45. The number of halogens is 1. The first-order chi connectivity index (χ1) is 11.6. The van der Waals surface area contributed by atoms with E-state index in [1.807, 2.05) is 37.3 Å². The second-order valence-corrected chi connectivity index (χ2v) is 5.65. The van der Waals surface area contributed by atoms with Crippen LogP contribution in [0.3, 0.4) is 0 Å². The molecule has 0 aliphatic rings. The van der Waals surface area contributed by atoms with E-state index in [-0.39, 0.29) is 5.56 Å². The zero-order chi connectivity index (χ0) is 17.1. The summed E-state index contributed by atoms with van der Waals surface area (Å²) in [4.78, 5) is 17.9. The van der Waals surface area contributed by atoms with Crippen molar-refractivity contribution in [1.82, 2.24) is 9.78 Å². The molecule has 0 fully saturated rings. The molecule has 0 amide bonds. The van der Waals surface area contributed by atoms with E-state index >= 15 is 0 Å². The van der Waals surface area contributed by atoms with Crippen LogP contribution in [0.1, 0.15) is 16.8 Å². The maximum absolute atomic E-state index is 12.9. The molecule has 0 saturated heterocycles. The van der Waals surface area contributed by atoms with Gasteiger partial charge in [0.2, 0.25) is 0 Å². The van der Waals surface area contributed by atoms with Crippen LogP contribution in [0.4, 0.5) is 0 Å². The number of nitrogens with zero attached hydrogens (tertiary/aromatic N) is 2. The number of benzene rings is 2. The van der Waals surface area contributed by atoms with Gasteiger partial charge in [-0.1, -0.05) is 47.1 Å². The van der Waals surface area contributed by atoms with Gasteiger partial charge in [0.05, 0.1) is 11.3 Å². The van der Waals surface area contributed by atoms with Crippen molar-refractivity contribution in [3.05, 3.63) is 86.8 Å². The molecule has 1 heterocycles. The third-order valence-electron chi connectivity index (χ3n) is 3.62. The van der Waals surface area contributed by atoms with Crippen LogP contribution >= 0.6 is 11.6 Å². The van der Waals surface area contributed by atoms with Crippen LogP contribution in [0.15, 0.2) is 64.5 Å². The Morgan fingerprint density at radius 1 is 1.12 bits per heavy atom. The van der Waals surface area contributed by atoms with Gasteiger partial charge >= 0.3 is 0 Å². The van der Waals surface area contributed by atoms with Crippen LogP contribution in [-0.2, 0) is 4.84 Å². The Balaban J connectivity index is 2.17. The molecule has 0 aliphatic carbocycles. The number of aromatic nitrogens is 2. The van der Waals surface area contributed by atoms with Crippen LogP contribution in [0.5, 0.6) is 0 Å². The third kappa shape index (κ3) is 2.98. The zero-order valence-electron chi connectivity index (χ0n) is 13.3. The molecule has 122 valence electrons. The smallest absolute Gasteiger partial charge is 0.281 e. The maximum atomic E-state index is 12.9. The molecule has 6 heteroatoms. The minimum atomic E-state index is -0.190. The molecule has 1 N–H and O–H groups in total. The number of hydrogen-bond donors (Lipinski definition) is 1. The summed E-state index contributed by atoms with van der Waals surface area (Å²) in [6.45, 7) is 1.83. The molecule has 1 aromatic heterocycles. The lowest BCUT2D eigenvalue weighted by Gasteiger charge is -2.04. The highest BCUT2D eigenvalue weighted by Crippen LogP contribution is 2.16. The number of H-pyrrole nitrogens is 1. The first-order valence-corrected chi connectivity index (χ1v) is 7.74. The minimum Gasteiger partial charge on any atom is -0.399 e. The maximum Gasteiger partial charge on any atom is 0.281 e. The number of aryl methyl sites for hydroxylation is 1. The van der Waals surface area contributed by atoms with Crippen molar-refractivity contribution in [2.75, 3.05) is 7.11 Å². The van der Waals surface area contributed by atoms with Crippen molar-refractivity contribution in [3.8, 4) is 5.69 Å². The summed E-state index contributed by atoms with van der Waals surface area (Å²) >= 11 is 5.94. The normalized spacial score (nSPS) is 11.5. The fourth-order valence-electron chi connectivity index (χ4n) is 2.53. The van der Waals surface area contributed by atoms with Crippen molar-refractivity contribution in [2.45, 2.75) is 6.92 Å². The average Bonchev–Trinajstić information content (AvgIpc) is 2.89. The molecule has 0 atom stereocenters. The third-order valence-corrected chi connectivity index (χ3v) is 3.87. The number of nitrogens with one attached hydrogen (secondary N) is 1. The second-order valence-electron chi connectivity index (χ2n) is 5.22. The molecule has 0 saturated carbocycles. The molecule has 3 aromatic rings. The van der Waals surface area contributed by atoms with Gasteiger partial charge in [-0.15, -0.1) is 0 Å². The monoisotopic (exact) mass is 341 g/mol. The van der Waals surface area contributed by atoms with E-state index in [0.717, 1.165) is 11.3 Å². The fourth-order valence-corrected chi connectivity index (χ4v) is 2.65. The van der Waals surface area contributed by atoms with Crippen LogP contribution in [0.25, 0.3) is 5.69 Å².